The Bertz CT molecular complexity index is 1010. The minimum atomic E-state index is -0.267. The molecule has 1 aromatic heterocycles. The summed E-state index contributed by atoms with van der Waals surface area (Å²) in [5.41, 5.74) is 2.23. The first-order chi connectivity index (χ1) is 13.7. The largest absolute Gasteiger partial charge is 0.331 e. The van der Waals surface area contributed by atoms with Crippen molar-refractivity contribution in [2.75, 3.05) is 19.6 Å². The number of para-hydroxylation sites is 1. The van der Waals surface area contributed by atoms with Gasteiger partial charge in [0.2, 0.25) is 0 Å². The van der Waals surface area contributed by atoms with Crippen LogP contribution in [0.2, 0.25) is 0 Å². The Hall–Kier alpha value is -2.70. The summed E-state index contributed by atoms with van der Waals surface area (Å²) < 4.78 is 15.6. The van der Waals surface area contributed by atoms with Crippen LogP contribution in [0.25, 0.3) is 5.69 Å². The zero-order chi connectivity index (χ0) is 19.1. The van der Waals surface area contributed by atoms with Crippen molar-refractivity contribution < 1.29 is 9.18 Å². The summed E-state index contributed by atoms with van der Waals surface area (Å²) in [5, 5.41) is 7.71. The number of rotatable bonds is 3. The van der Waals surface area contributed by atoms with Crippen LogP contribution in [0.15, 0.2) is 67.0 Å². The van der Waals surface area contributed by atoms with E-state index in [1.54, 1.807) is 23.0 Å². The van der Waals surface area contributed by atoms with Crippen molar-refractivity contribution >= 4 is 18.3 Å². The van der Waals surface area contributed by atoms with Crippen LogP contribution >= 0.6 is 12.4 Å². The first-order valence-corrected chi connectivity index (χ1v) is 9.58. The van der Waals surface area contributed by atoms with Gasteiger partial charge in [0.15, 0.2) is 0 Å². The monoisotopic (exact) mass is 412 g/mol. The summed E-state index contributed by atoms with van der Waals surface area (Å²) >= 11 is 0. The Labute approximate surface area is 174 Å². The molecule has 150 valence electrons. The third-order valence-electron chi connectivity index (χ3n) is 5.90. The van der Waals surface area contributed by atoms with Gasteiger partial charge in [0, 0.05) is 37.9 Å². The summed E-state index contributed by atoms with van der Waals surface area (Å²) in [5.74, 6) is 0.378. The number of nitrogens with one attached hydrogen (secondary N) is 1. The fourth-order valence-electron chi connectivity index (χ4n) is 4.67. The van der Waals surface area contributed by atoms with Gasteiger partial charge in [0.05, 0.1) is 17.3 Å². The molecule has 29 heavy (non-hydrogen) atoms. The van der Waals surface area contributed by atoms with Gasteiger partial charge in [-0.25, -0.2) is 9.07 Å². The maximum Gasteiger partial charge on any atom is 0.256 e. The lowest BCUT2D eigenvalue weighted by Gasteiger charge is -2.29. The van der Waals surface area contributed by atoms with Gasteiger partial charge in [0.25, 0.3) is 5.91 Å². The van der Waals surface area contributed by atoms with E-state index in [1.165, 1.54) is 6.07 Å². The zero-order valence-corrected chi connectivity index (χ0v) is 16.6. The molecule has 5 rings (SSSR count). The molecule has 2 aliphatic rings. The molecule has 0 unspecified atom stereocenters. The number of hydrogen-bond acceptors (Lipinski definition) is 3. The zero-order valence-electron chi connectivity index (χ0n) is 15.7. The van der Waals surface area contributed by atoms with Crippen molar-refractivity contribution in [1.29, 1.82) is 0 Å². The van der Waals surface area contributed by atoms with E-state index in [9.17, 15) is 9.18 Å². The van der Waals surface area contributed by atoms with Crippen LogP contribution in [0.5, 0.6) is 0 Å². The molecule has 5 nitrogen and oxygen atoms in total. The Morgan fingerprint density at radius 1 is 1.10 bits per heavy atom. The van der Waals surface area contributed by atoms with Gasteiger partial charge >= 0.3 is 0 Å². The highest BCUT2D eigenvalue weighted by Gasteiger charge is 2.47. The van der Waals surface area contributed by atoms with E-state index < -0.39 is 0 Å². The molecule has 3 heterocycles. The Morgan fingerprint density at radius 3 is 2.76 bits per heavy atom. The van der Waals surface area contributed by atoms with Crippen molar-refractivity contribution in [2.24, 2.45) is 11.8 Å². The molecule has 0 radical (unpaired) electrons. The molecule has 0 spiro atoms. The van der Waals surface area contributed by atoms with Crippen LogP contribution < -0.4 is 5.32 Å². The van der Waals surface area contributed by atoms with Gasteiger partial charge in [-0.15, -0.1) is 12.4 Å². The van der Waals surface area contributed by atoms with Crippen molar-refractivity contribution in [3.8, 4) is 5.69 Å². The molecule has 0 bridgehead atoms. The van der Waals surface area contributed by atoms with E-state index in [0.717, 1.165) is 24.3 Å². The third-order valence-corrected chi connectivity index (χ3v) is 5.90. The average Bonchev–Trinajstić information content (AvgIpc) is 3.44. The topological polar surface area (TPSA) is 50.2 Å². The van der Waals surface area contributed by atoms with Crippen LogP contribution in [0, 0.1) is 17.7 Å². The van der Waals surface area contributed by atoms with Crippen molar-refractivity contribution in [1.82, 2.24) is 20.0 Å². The minimum absolute atomic E-state index is 0. The molecular formula is C22H22ClFN4O. The average molecular weight is 413 g/mol. The number of amides is 1. The van der Waals surface area contributed by atoms with Gasteiger partial charge < -0.3 is 10.2 Å². The van der Waals surface area contributed by atoms with E-state index in [4.69, 9.17) is 0 Å². The number of carbonyl (C=O) groups is 1. The highest BCUT2D eigenvalue weighted by Crippen LogP contribution is 2.43. The molecular weight excluding hydrogens is 391 g/mol. The molecule has 2 aromatic carbocycles. The van der Waals surface area contributed by atoms with Gasteiger partial charge in [-0.1, -0.05) is 24.3 Å². The van der Waals surface area contributed by atoms with Crippen LogP contribution in [0.1, 0.15) is 22.0 Å². The molecule has 1 N–H and O–H groups in total. The van der Waals surface area contributed by atoms with Gasteiger partial charge in [0.1, 0.15) is 5.82 Å². The number of fused-ring (bicyclic) bond motifs is 1. The second-order valence-electron chi connectivity index (χ2n) is 7.51. The number of nitrogens with zero attached hydrogens (tertiary/aromatic N) is 3. The van der Waals surface area contributed by atoms with Gasteiger partial charge in [-0.05, 0) is 41.8 Å². The van der Waals surface area contributed by atoms with E-state index in [2.05, 4.69) is 10.4 Å². The summed E-state index contributed by atoms with van der Waals surface area (Å²) in [6, 6.07) is 15.9. The molecule has 0 aliphatic carbocycles. The maximum absolute atomic E-state index is 13.9. The molecule has 2 fully saturated rings. The number of carbonyl (C=O) groups excluding carboxylic acids is 1. The Kier molecular flexibility index (Phi) is 5.39. The molecule has 1 amide bonds. The fraction of sp³-hybridized carbons (Fsp3) is 0.273. The summed E-state index contributed by atoms with van der Waals surface area (Å²) in [7, 11) is 0. The summed E-state index contributed by atoms with van der Waals surface area (Å²) in [6.07, 6.45) is 3.53. The SMILES string of the molecule is Cl.O=C(c1ccccc1-n1cccn1)N1C[C@@H]2CNC[C@@H]2[C@H]1c1cccc(F)c1. The lowest BCUT2D eigenvalue weighted by molar-refractivity contribution is 0.0713. The van der Waals surface area contributed by atoms with Crippen LogP contribution in [-0.4, -0.2) is 40.2 Å². The van der Waals surface area contributed by atoms with Crippen molar-refractivity contribution in [2.45, 2.75) is 6.04 Å². The second kappa shape index (κ2) is 7.97. The quantitative estimate of drug-likeness (QED) is 0.716. The van der Waals surface area contributed by atoms with Crippen LogP contribution in [-0.2, 0) is 0 Å². The molecule has 2 aliphatic heterocycles. The number of hydrogen-bond donors (Lipinski definition) is 1. The molecule has 7 heteroatoms. The van der Waals surface area contributed by atoms with Gasteiger partial charge in [-0.3, -0.25) is 4.79 Å². The first-order valence-electron chi connectivity index (χ1n) is 9.58. The predicted octanol–water partition coefficient (Wildman–Crippen LogP) is 3.47. The summed E-state index contributed by atoms with van der Waals surface area (Å²) in [6.45, 7) is 2.41. The van der Waals surface area contributed by atoms with E-state index in [0.29, 0.717) is 23.9 Å². The van der Waals surface area contributed by atoms with Crippen LogP contribution in [0.3, 0.4) is 0 Å². The maximum atomic E-state index is 13.9. The standard InChI is InChI=1S/C22H21FN4O.ClH/c23-17-6-3-5-15(11-17)21-19-13-24-12-16(19)14-26(21)22(28)18-7-1-2-8-20(18)27-10-4-9-25-27;/h1-11,16,19,21,24H,12-14H2;1H/t16-,19-,21+;/m0./s1. The third kappa shape index (κ3) is 3.43. The lowest BCUT2D eigenvalue weighted by Crippen LogP contribution is -2.35. The lowest BCUT2D eigenvalue weighted by atomic mass is 9.89. The highest BCUT2D eigenvalue weighted by atomic mass is 35.5. The molecule has 3 aromatic rings. The molecule has 2 saturated heterocycles. The van der Waals surface area contributed by atoms with Gasteiger partial charge in [-0.2, -0.15) is 5.10 Å². The Morgan fingerprint density at radius 2 is 1.97 bits per heavy atom. The van der Waals surface area contributed by atoms with Crippen molar-refractivity contribution in [3.05, 3.63) is 83.9 Å². The van der Waals surface area contributed by atoms with E-state index in [1.807, 2.05) is 47.5 Å². The number of aromatic nitrogens is 2. The first kappa shape index (κ1) is 19.6. The van der Waals surface area contributed by atoms with Crippen LogP contribution in [0.4, 0.5) is 4.39 Å². The smallest absolute Gasteiger partial charge is 0.256 e. The van der Waals surface area contributed by atoms with E-state index in [-0.39, 0.29) is 30.2 Å². The van der Waals surface area contributed by atoms with Crippen molar-refractivity contribution in [3.63, 3.8) is 0 Å². The minimum Gasteiger partial charge on any atom is -0.331 e. The number of likely N-dealkylation sites (tertiary alicyclic amines) is 1. The van der Waals surface area contributed by atoms with E-state index >= 15 is 0 Å². The normalized spacial score (nSPS) is 22.9. The Balaban J connectivity index is 0.00000205. The molecule has 0 saturated carbocycles. The molecule has 3 atom stereocenters. The highest BCUT2D eigenvalue weighted by molar-refractivity contribution is 5.98. The number of halogens is 2. The fourth-order valence-corrected chi connectivity index (χ4v) is 4.67. The predicted molar refractivity (Wildman–Crippen MR) is 111 cm³/mol. The summed E-state index contributed by atoms with van der Waals surface area (Å²) in [4.78, 5) is 15.6. The number of benzene rings is 2. The second-order valence-corrected chi connectivity index (χ2v) is 7.51.